The Hall–Kier alpha value is -0.160. The van der Waals surface area contributed by atoms with E-state index < -0.39 is 0 Å². The average Bonchev–Trinajstić information content (AvgIpc) is 2.04. The van der Waals surface area contributed by atoms with E-state index in [4.69, 9.17) is 9.47 Å². The molecular weight excluding hydrogens is 170 g/mol. The fourth-order valence-electron chi connectivity index (χ4n) is 1.60. The molecule has 0 radical (unpaired) electrons. The van der Waals surface area contributed by atoms with E-state index in [1.54, 1.807) is 7.11 Å². The highest BCUT2D eigenvalue weighted by atomic mass is 16.5. The van der Waals surface area contributed by atoms with Crippen molar-refractivity contribution in [2.24, 2.45) is 0 Å². The molecule has 2 atom stereocenters. The molecule has 0 aromatic heterocycles. The van der Waals surface area contributed by atoms with Crippen LogP contribution in [0.25, 0.3) is 0 Å². The Morgan fingerprint density at radius 3 is 3.08 bits per heavy atom. The molecule has 1 rings (SSSR count). The molecule has 0 bridgehead atoms. The van der Waals surface area contributed by atoms with Crippen LogP contribution in [0.3, 0.4) is 0 Å². The fourth-order valence-corrected chi connectivity index (χ4v) is 1.60. The van der Waals surface area contributed by atoms with Crippen molar-refractivity contribution in [3.63, 3.8) is 0 Å². The first-order chi connectivity index (χ1) is 6.22. The van der Waals surface area contributed by atoms with E-state index in [1.807, 2.05) is 0 Å². The summed E-state index contributed by atoms with van der Waals surface area (Å²) < 4.78 is 10.3. The Kier molecular flexibility index (Phi) is 4.66. The lowest BCUT2D eigenvalue weighted by molar-refractivity contribution is -0.0403. The number of hydrogen-bond acceptors (Lipinski definition) is 4. The number of methoxy groups -OCH3 is 1. The van der Waals surface area contributed by atoms with Crippen LogP contribution in [-0.2, 0) is 9.47 Å². The number of aliphatic hydroxyl groups is 1. The molecule has 1 N–H and O–H groups in total. The Morgan fingerprint density at radius 2 is 2.46 bits per heavy atom. The van der Waals surface area contributed by atoms with Crippen molar-refractivity contribution >= 4 is 0 Å². The summed E-state index contributed by atoms with van der Waals surface area (Å²) >= 11 is 0. The lowest BCUT2D eigenvalue weighted by Gasteiger charge is -2.32. The van der Waals surface area contributed by atoms with Crippen LogP contribution in [-0.4, -0.2) is 62.2 Å². The van der Waals surface area contributed by atoms with Gasteiger partial charge >= 0.3 is 0 Å². The van der Waals surface area contributed by atoms with Crippen molar-refractivity contribution in [1.29, 1.82) is 0 Å². The predicted molar refractivity (Wildman–Crippen MR) is 49.7 cm³/mol. The zero-order chi connectivity index (χ0) is 9.68. The van der Waals surface area contributed by atoms with Crippen LogP contribution in [0, 0.1) is 0 Å². The highest BCUT2D eigenvalue weighted by Crippen LogP contribution is 2.04. The first-order valence-electron chi connectivity index (χ1n) is 4.73. The van der Waals surface area contributed by atoms with Gasteiger partial charge < -0.3 is 14.6 Å². The zero-order valence-electron chi connectivity index (χ0n) is 8.40. The van der Waals surface area contributed by atoms with E-state index >= 15 is 0 Å². The largest absolute Gasteiger partial charge is 0.389 e. The predicted octanol–water partition coefficient (Wildman–Crippen LogP) is -0.286. The SMILES string of the molecule is COC[C@H](O)CN1CCO[C@H](C)C1. The number of ether oxygens (including phenoxy) is 2. The molecule has 1 aliphatic rings. The maximum absolute atomic E-state index is 9.48. The molecule has 0 amide bonds. The molecule has 1 fully saturated rings. The minimum Gasteiger partial charge on any atom is -0.389 e. The maximum atomic E-state index is 9.48. The van der Waals surface area contributed by atoms with Crippen LogP contribution in [0.15, 0.2) is 0 Å². The summed E-state index contributed by atoms with van der Waals surface area (Å²) in [5, 5.41) is 9.48. The normalized spacial score (nSPS) is 27.5. The van der Waals surface area contributed by atoms with Gasteiger partial charge in [-0.1, -0.05) is 0 Å². The van der Waals surface area contributed by atoms with Crippen molar-refractivity contribution < 1.29 is 14.6 Å². The molecule has 1 aliphatic heterocycles. The van der Waals surface area contributed by atoms with Crippen molar-refractivity contribution in [1.82, 2.24) is 4.90 Å². The quantitative estimate of drug-likeness (QED) is 0.660. The fraction of sp³-hybridized carbons (Fsp3) is 1.00. The molecule has 1 saturated heterocycles. The maximum Gasteiger partial charge on any atom is 0.0900 e. The molecule has 1 heterocycles. The average molecular weight is 189 g/mol. The van der Waals surface area contributed by atoms with Gasteiger partial charge in [0.25, 0.3) is 0 Å². The Bertz CT molecular complexity index is 143. The molecule has 13 heavy (non-hydrogen) atoms. The van der Waals surface area contributed by atoms with Gasteiger partial charge in [0, 0.05) is 26.7 Å². The smallest absolute Gasteiger partial charge is 0.0900 e. The van der Waals surface area contributed by atoms with Gasteiger partial charge in [-0.2, -0.15) is 0 Å². The van der Waals surface area contributed by atoms with E-state index in [-0.39, 0.29) is 12.2 Å². The minimum atomic E-state index is -0.379. The van der Waals surface area contributed by atoms with Gasteiger partial charge in [0.05, 0.1) is 25.4 Å². The molecule has 0 aliphatic carbocycles. The first kappa shape index (κ1) is 10.9. The lowest BCUT2D eigenvalue weighted by Crippen LogP contribution is -2.45. The summed E-state index contributed by atoms with van der Waals surface area (Å²) in [6.45, 7) is 5.72. The summed E-state index contributed by atoms with van der Waals surface area (Å²) in [5.74, 6) is 0. The van der Waals surface area contributed by atoms with Gasteiger partial charge in [0.2, 0.25) is 0 Å². The van der Waals surface area contributed by atoms with Crippen LogP contribution >= 0.6 is 0 Å². The van der Waals surface area contributed by atoms with Crippen molar-refractivity contribution in [2.45, 2.75) is 19.1 Å². The summed E-state index contributed by atoms with van der Waals surface area (Å²) in [6.07, 6.45) is -0.0983. The van der Waals surface area contributed by atoms with Crippen molar-refractivity contribution in [2.75, 3.05) is 40.0 Å². The van der Waals surface area contributed by atoms with Crippen molar-refractivity contribution in [3.8, 4) is 0 Å². The van der Waals surface area contributed by atoms with Crippen LogP contribution < -0.4 is 0 Å². The summed E-state index contributed by atoms with van der Waals surface area (Å²) in [6, 6.07) is 0. The van der Waals surface area contributed by atoms with Crippen LogP contribution in [0.1, 0.15) is 6.92 Å². The lowest BCUT2D eigenvalue weighted by atomic mass is 10.2. The molecule has 0 unspecified atom stereocenters. The van der Waals surface area contributed by atoms with Gasteiger partial charge in [-0.25, -0.2) is 0 Å². The number of nitrogens with zero attached hydrogens (tertiary/aromatic N) is 1. The van der Waals surface area contributed by atoms with E-state index in [0.717, 1.165) is 19.7 Å². The summed E-state index contributed by atoms with van der Waals surface area (Å²) in [7, 11) is 1.60. The molecule has 0 aromatic carbocycles. The standard InChI is InChI=1S/C9H19NO3/c1-8-5-10(3-4-13-8)6-9(11)7-12-2/h8-9,11H,3-7H2,1-2H3/t8-,9-/m1/s1. The van der Waals surface area contributed by atoms with E-state index in [0.29, 0.717) is 13.2 Å². The van der Waals surface area contributed by atoms with Gasteiger partial charge in [-0.05, 0) is 6.92 Å². The summed E-state index contributed by atoms with van der Waals surface area (Å²) in [4.78, 5) is 2.21. The second-order valence-corrected chi connectivity index (χ2v) is 3.55. The zero-order valence-corrected chi connectivity index (χ0v) is 8.40. The Balaban J connectivity index is 2.19. The minimum absolute atomic E-state index is 0.281. The second-order valence-electron chi connectivity index (χ2n) is 3.55. The second kappa shape index (κ2) is 5.54. The number of rotatable bonds is 4. The van der Waals surface area contributed by atoms with Gasteiger partial charge in [-0.15, -0.1) is 0 Å². The van der Waals surface area contributed by atoms with Crippen LogP contribution in [0.4, 0.5) is 0 Å². The van der Waals surface area contributed by atoms with Gasteiger partial charge in [-0.3, -0.25) is 4.90 Å². The monoisotopic (exact) mass is 189 g/mol. The molecular formula is C9H19NO3. The Morgan fingerprint density at radius 1 is 1.69 bits per heavy atom. The number of aliphatic hydroxyl groups excluding tert-OH is 1. The van der Waals surface area contributed by atoms with E-state index in [2.05, 4.69) is 11.8 Å². The van der Waals surface area contributed by atoms with Crippen LogP contribution in [0.5, 0.6) is 0 Å². The molecule has 78 valence electrons. The highest BCUT2D eigenvalue weighted by Gasteiger charge is 2.18. The van der Waals surface area contributed by atoms with E-state index in [1.165, 1.54) is 0 Å². The molecule has 4 nitrogen and oxygen atoms in total. The van der Waals surface area contributed by atoms with Gasteiger partial charge in [0.1, 0.15) is 0 Å². The third kappa shape index (κ3) is 4.04. The van der Waals surface area contributed by atoms with Gasteiger partial charge in [0.15, 0.2) is 0 Å². The third-order valence-corrected chi connectivity index (χ3v) is 2.15. The number of morpholine rings is 1. The third-order valence-electron chi connectivity index (χ3n) is 2.15. The molecule has 4 heteroatoms. The number of β-amino-alcohol motifs (C(OH)–C–C–N with tert-alkyl or cyclic N) is 1. The number of hydrogen-bond donors (Lipinski definition) is 1. The van der Waals surface area contributed by atoms with E-state index in [9.17, 15) is 5.11 Å². The topological polar surface area (TPSA) is 41.9 Å². The molecule has 0 spiro atoms. The molecule has 0 aromatic rings. The van der Waals surface area contributed by atoms with Crippen molar-refractivity contribution in [3.05, 3.63) is 0 Å². The molecule has 0 saturated carbocycles. The Labute approximate surface area is 79.4 Å². The highest BCUT2D eigenvalue weighted by molar-refractivity contribution is 4.70. The van der Waals surface area contributed by atoms with Crippen LogP contribution in [0.2, 0.25) is 0 Å². The summed E-state index contributed by atoms with van der Waals surface area (Å²) in [5.41, 5.74) is 0. The first-order valence-corrected chi connectivity index (χ1v) is 4.73.